The molecule has 2 aromatic rings. The topological polar surface area (TPSA) is 89.8 Å². The highest BCUT2D eigenvalue weighted by atomic mass is 32.2. The highest BCUT2D eigenvalue weighted by molar-refractivity contribution is 7.89. The lowest BCUT2D eigenvalue weighted by atomic mass is 9.99. The van der Waals surface area contributed by atoms with Crippen molar-refractivity contribution in [3.63, 3.8) is 0 Å². The number of sulfonamides is 1. The molecule has 120 valence electrons. The van der Waals surface area contributed by atoms with Gasteiger partial charge in [0.15, 0.2) is 0 Å². The third kappa shape index (κ3) is 2.85. The number of nitrogens with one attached hydrogen (secondary N) is 1. The largest absolute Gasteiger partial charge is 0.348 e. The van der Waals surface area contributed by atoms with Gasteiger partial charge in [0.25, 0.3) is 0 Å². The van der Waals surface area contributed by atoms with Crippen LogP contribution in [0.2, 0.25) is 0 Å². The van der Waals surface area contributed by atoms with Crippen molar-refractivity contribution < 1.29 is 12.8 Å². The molecule has 1 saturated heterocycles. The highest BCUT2D eigenvalue weighted by Crippen LogP contribution is 2.30. The molecular weight excluding hydrogens is 319 g/mol. The minimum atomic E-state index is -3.92. The number of hydrogen-bond acceptors (Lipinski definition) is 4. The van der Waals surface area contributed by atoms with Crippen molar-refractivity contribution in [1.29, 1.82) is 5.26 Å². The summed E-state index contributed by atoms with van der Waals surface area (Å²) in [5.41, 5.74) is -0.437. The normalized spacial score (nSPS) is 19.4. The van der Waals surface area contributed by atoms with Crippen molar-refractivity contribution in [1.82, 2.24) is 14.3 Å². The molecule has 0 spiro atoms. The summed E-state index contributed by atoms with van der Waals surface area (Å²) in [6.45, 7) is 0.609. The molecule has 1 unspecified atom stereocenters. The van der Waals surface area contributed by atoms with E-state index in [1.807, 2.05) is 0 Å². The van der Waals surface area contributed by atoms with Crippen LogP contribution in [0.1, 0.15) is 30.1 Å². The minimum absolute atomic E-state index is 0.0346. The fourth-order valence-corrected chi connectivity index (χ4v) is 4.53. The van der Waals surface area contributed by atoms with Crippen LogP contribution in [0, 0.1) is 17.1 Å². The van der Waals surface area contributed by atoms with Crippen LogP contribution in [0.3, 0.4) is 0 Å². The Balaban J connectivity index is 1.94. The molecule has 1 aliphatic rings. The van der Waals surface area contributed by atoms with E-state index in [4.69, 9.17) is 5.26 Å². The first-order valence-corrected chi connectivity index (χ1v) is 8.66. The Morgan fingerprint density at radius 1 is 1.43 bits per heavy atom. The molecule has 1 atom stereocenters. The van der Waals surface area contributed by atoms with Crippen molar-refractivity contribution in [2.45, 2.75) is 23.7 Å². The number of H-pyrrole nitrogens is 1. The van der Waals surface area contributed by atoms with Gasteiger partial charge in [0.1, 0.15) is 28.2 Å². The molecule has 0 bridgehead atoms. The van der Waals surface area contributed by atoms with Crippen LogP contribution in [0.15, 0.2) is 35.5 Å². The Hall–Kier alpha value is -2.24. The average Bonchev–Trinajstić information content (AvgIpc) is 3.09. The minimum Gasteiger partial charge on any atom is -0.348 e. The highest BCUT2D eigenvalue weighted by Gasteiger charge is 2.33. The van der Waals surface area contributed by atoms with Gasteiger partial charge in [-0.3, -0.25) is 0 Å². The number of piperidine rings is 1. The van der Waals surface area contributed by atoms with Gasteiger partial charge in [0.2, 0.25) is 10.0 Å². The lowest BCUT2D eigenvalue weighted by Crippen LogP contribution is -2.39. The third-order valence-electron chi connectivity index (χ3n) is 4.00. The summed E-state index contributed by atoms with van der Waals surface area (Å²) in [5, 5.41) is 9.08. The summed E-state index contributed by atoms with van der Waals surface area (Å²) in [5.74, 6) is -0.120. The lowest BCUT2D eigenvalue weighted by Gasteiger charge is -2.31. The molecule has 0 radical (unpaired) electrons. The van der Waals surface area contributed by atoms with Crippen molar-refractivity contribution in [2.75, 3.05) is 13.1 Å². The maximum Gasteiger partial charge on any atom is 0.244 e. The number of rotatable bonds is 3. The van der Waals surface area contributed by atoms with Gasteiger partial charge in [-0.05, 0) is 25.0 Å². The van der Waals surface area contributed by atoms with Crippen LogP contribution in [-0.2, 0) is 10.0 Å². The number of benzene rings is 1. The number of hydrogen-bond donors (Lipinski definition) is 1. The smallest absolute Gasteiger partial charge is 0.244 e. The molecule has 0 amide bonds. The zero-order valence-electron chi connectivity index (χ0n) is 12.2. The third-order valence-corrected chi connectivity index (χ3v) is 5.90. The maximum atomic E-state index is 13.7. The zero-order valence-corrected chi connectivity index (χ0v) is 13.1. The summed E-state index contributed by atoms with van der Waals surface area (Å²) >= 11 is 0. The molecule has 1 aromatic carbocycles. The number of imidazole rings is 1. The van der Waals surface area contributed by atoms with Crippen LogP contribution in [0.25, 0.3) is 0 Å². The fourth-order valence-electron chi connectivity index (χ4n) is 2.85. The maximum absolute atomic E-state index is 13.7. The van der Waals surface area contributed by atoms with Crippen LogP contribution in [-0.4, -0.2) is 35.8 Å². The summed E-state index contributed by atoms with van der Waals surface area (Å²) in [6.07, 6.45) is 4.84. The van der Waals surface area contributed by atoms with E-state index in [1.165, 1.54) is 16.4 Å². The quantitative estimate of drug-likeness (QED) is 0.929. The molecule has 23 heavy (non-hydrogen) atoms. The lowest BCUT2D eigenvalue weighted by molar-refractivity contribution is 0.310. The number of halogens is 1. The van der Waals surface area contributed by atoms with Crippen molar-refractivity contribution in [2.24, 2.45) is 0 Å². The predicted molar refractivity (Wildman–Crippen MR) is 80.4 cm³/mol. The molecule has 2 heterocycles. The molecule has 6 nitrogen and oxygen atoms in total. The van der Waals surface area contributed by atoms with Gasteiger partial charge in [-0.15, -0.1) is 0 Å². The number of nitrogens with zero attached hydrogens (tertiary/aromatic N) is 3. The molecule has 1 aliphatic heterocycles. The number of nitriles is 1. The average molecular weight is 334 g/mol. The SMILES string of the molecule is N#Cc1c(F)cccc1S(=O)(=O)N1CCCC(c2ncc[nH]2)C1. The van der Waals surface area contributed by atoms with Gasteiger partial charge in [0.05, 0.1) is 0 Å². The van der Waals surface area contributed by atoms with Crippen LogP contribution in [0.5, 0.6) is 0 Å². The first-order valence-electron chi connectivity index (χ1n) is 7.22. The van der Waals surface area contributed by atoms with Gasteiger partial charge in [0, 0.05) is 31.4 Å². The van der Waals surface area contributed by atoms with E-state index in [9.17, 15) is 12.8 Å². The van der Waals surface area contributed by atoms with E-state index in [2.05, 4.69) is 9.97 Å². The summed E-state index contributed by atoms with van der Waals surface area (Å²) in [4.78, 5) is 6.92. The Morgan fingerprint density at radius 2 is 2.26 bits per heavy atom. The molecule has 1 N–H and O–H groups in total. The number of aromatic amines is 1. The Labute approximate surface area is 133 Å². The summed E-state index contributed by atoms with van der Waals surface area (Å²) < 4.78 is 40.7. The van der Waals surface area contributed by atoms with E-state index in [1.54, 1.807) is 18.5 Å². The van der Waals surface area contributed by atoms with E-state index >= 15 is 0 Å². The monoisotopic (exact) mass is 334 g/mol. The Kier molecular flexibility index (Phi) is 4.15. The molecule has 1 fully saturated rings. The molecule has 1 aromatic heterocycles. The van der Waals surface area contributed by atoms with Crippen molar-refractivity contribution in [3.8, 4) is 6.07 Å². The number of aromatic nitrogens is 2. The van der Waals surface area contributed by atoms with Crippen molar-refractivity contribution >= 4 is 10.0 Å². The first-order chi connectivity index (χ1) is 11.0. The van der Waals surface area contributed by atoms with E-state index in [0.717, 1.165) is 18.3 Å². The van der Waals surface area contributed by atoms with E-state index < -0.39 is 21.4 Å². The van der Waals surface area contributed by atoms with Crippen LogP contribution < -0.4 is 0 Å². The van der Waals surface area contributed by atoms with Crippen LogP contribution in [0.4, 0.5) is 4.39 Å². The van der Waals surface area contributed by atoms with Gasteiger partial charge >= 0.3 is 0 Å². The van der Waals surface area contributed by atoms with Crippen molar-refractivity contribution in [3.05, 3.63) is 47.8 Å². The van der Waals surface area contributed by atoms with Gasteiger partial charge < -0.3 is 4.98 Å². The summed E-state index contributed by atoms with van der Waals surface area (Å²) in [7, 11) is -3.92. The molecule has 0 saturated carbocycles. The van der Waals surface area contributed by atoms with E-state index in [-0.39, 0.29) is 17.4 Å². The zero-order chi connectivity index (χ0) is 16.4. The standard InChI is InChI=1S/C15H15FN4O2S/c16-13-4-1-5-14(12(13)9-17)23(21,22)20-8-2-3-11(10-20)15-18-6-7-19-15/h1,4-7,11H,2-3,8,10H2,(H,18,19). The first kappa shape index (κ1) is 15.6. The van der Waals surface area contributed by atoms with Gasteiger partial charge in [-0.1, -0.05) is 6.07 Å². The summed E-state index contributed by atoms with van der Waals surface area (Å²) in [6, 6.07) is 5.31. The van der Waals surface area contributed by atoms with Gasteiger partial charge in [-0.25, -0.2) is 17.8 Å². The predicted octanol–water partition coefficient (Wildman–Crippen LogP) is 1.99. The molecule has 8 heteroatoms. The van der Waals surface area contributed by atoms with E-state index in [0.29, 0.717) is 13.0 Å². The van der Waals surface area contributed by atoms with Crippen LogP contribution >= 0.6 is 0 Å². The Bertz CT molecular complexity index is 843. The molecule has 3 rings (SSSR count). The molecular formula is C15H15FN4O2S. The second kappa shape index (κ2) is 6.10. The molecule has 0 aliphatic carbocycles. The van der Waals surface area contributed by atoms with Gasteiger partial charge in [-0.2, -0.15) is 9.57 Å². The second-order valence-corrected chi connectivity index (χ2v) is 7.31. The fraction of sp³-hybridized carbons (Fsp3) is 0.333. The Morgan fingerprint density at radius 3 is 2.96 bits per heavy atom. The second-order valence-electron chi connectivity index (χ2n) is 5.40.